The fourth-order valence-electron chi connectivity index (χ4n) is 0.837. The van der Waals surface area contributed by atoms with E-state index in [1.54, 1.807) is 20.8 Å². The van der Waals surface area contributed by atoms with Gasteiger partial charge in [0, 0.05) is 0 Å². The lowest BCUT2D eigenvalue weighted by molar-refractivity contribution is -0.147. The fourth-order valence-corrected chi connectivity index (χ4v) is 0.837. The minimum absolute atomic E-state index is 0.279. The molecule has 0 saturated heterocycles. The van der Waals surface area contributed by atoms with Gasteiger partial charge in [0.1, 0.15) is 5.82 Å². The van der Waals surface area contributed by atoms with Gasteiger partial charge in [-0.25, -0.2) is 4.68 Å². The first-order valence-corrected chi connectivity index (χ1v) is 3.89. The summed E-state index contributed by atoms with van der Waals surface area (Å²) in [6.07, 6.45) is 0. The number of carbonyl (C=O) groups is 1. The van der Waals surface area contributed by atoms with Gasteiger partial charge in [-0.05, 0) is 31.2 Å². The molecule has 0 bridgehead atoms. The van der Waals surface area contributed by atoms with E-state index in [-0.39, 0.29) is 6.54 Å². The van der Waals surface area contributed by atoms with Crippen LogP contribution in [0.1, 0.15) is 19.7 Å². The minimum atomic E-state index is -0.859. The monoisotopic (exact) mass is 184 g/mol. The standard InChI is InChI=1S/C7H12N4O2/c1-5-8-9-10-11(5)4-7(2,3)6(12)13/h4H2,1-3H3,(H,12,13). The molecule has 0 atom stereocenters. The van der Waals surface area contributed by atoms with Gasteiger partial charge in [0.25, 0.3) is 0 Å². The molecule has 0 spiro atoms. The Morgan fingerprint density at radius 3 is 2.62 bits per heavy atom. The summed E-state index contributed by atoms with van der Waals surface area (Å²) < 4.78 is 1.48. The molecule has 1 rings (SSSR count). The second-order valence-corrected chi connectivity index (χ2v) is 3.57. The molecule has 0 aliphatic carbocycles. The van der Waals surface area contributed by atoms with Gasteiger partial charge in [-0.3, -0.25) is 4.79 Å². The maximum Gasteiger partial charge on any atom is 0.310 e. The van der Waals surface area contributed by atoms with Crippen LogP contribution in [0.25, 0.3) is 0 Å². The highest BCUT2D eigenvalue weighted by Gasteiger charge is 2.28. The highest BCUT2D eigenvalue weighted by Crippen LogP contribution is 2.17. The maximum absolute atomic E-state index is 10.8. The lowest BCUT2D eigenvalue weighted by atomic mass is 9.94. The zero-order chi connectivity index (χ0) is 10.1. The van der Waals surface area contributed by atoms with Crippen molar-refractivity contribution in [3.8, 4) is 0 Å². The number of carboxylic acids is 1. The number of hydrogen-bond donors (Lipinski definition) is 1. The van der Waals surface area contributed by atoms with Crippen LogP contribution in [0.4, 0.5) is 0 Å². The van der Waals surface area contributed by atoms with E-state index < -0.39 is 11.4 Å². The Bertz CT molecular complexity index is 318. The molecule has 13 heavy (non-hydrogen) atoms. The van der Waals surface area contributed by atoms with Crippen LogP contribution in [0.3, 0.4) is 0 Å². The summed E-state index contributed by atoms with van der Waals surface area (Å²) in [5.74, 6) is -0.239. The number of aryl methyl sites for hydroxylation is 1. The van der Waals surface area contributed by atoms with Crippen LogP contribution >= 0.6 is 0 Å². The van der Waals surface area contributed by atoms with Gasteiger partial charge in [-0.1, -0.05) is 0 Å². The van der Waals surface area contributed by atoms with Crippen molar-refractivity contribution < 1.29 is 9.90 Å². The summed E-state index contributed by atoms with van der Waals surface area (Å²) in [6, 6.07) is 0. The van der Waals surface area contributed by atoms with Gasteiger partial charge in [0.05, 0.1) is 12.0 Å². The normalized spacial score (nSPS) is 11.6. The molecule has 0 aromatic carbocycles. The highest BCUT2D eigenvalue weighted by molar-refractivity contribution is 5.73. The number of aliphatic carboxylic acids is 1. The number of aromatic nitrogens is 4. The average molecular weight is 184 g/mol. The lowest BCUT2D eigenvalue weighted by Gasteiger charge is -2.18. The molecule has 6 nitrogen and oxygen atoms in total. The number of carboxylic acid groups (broad SMARTS) is 1. The Kier molecular flexibility index (Phi) is 2.31. The molecule has 1 N–H and O–H groups in total. The zero-order valence-electron chi connectivity index (χ0n) is 7.85. The minimum Gasteiger partial charge on any atom is -0.481 e. The van der Waals surface area contributed by atoms with E-state index in [1.165, 1.54) is 4.68 Å². The van der Waals surface area contributed by atoms with Crippen molar-refractivity contribution in [2.75, 3.05) is 0 Å². The maximum atomic E-state index is 10.8. The van der Waals surface area contributed by atoms with E-state index in [1.807, 2.05) is 0 Å². The van der Waals surface area contributed by atoms with Gasteiger partial charge in [0.2, 0.25) is 0 Å². The van der Waals surface area contributed by atoms with E-state index in [9.17, 15) is 4.79 Å². The first-order valence-electron chi connectivity index (χ1n) is 3.89. The second kappa shape index (κ2) is 3.12. The first kappa shape index (κ1) is 9.63. The smallest absolute Gasteiger partial charge is 0.310 e. The molecule has 1 aromatic rings. The van der Waals surface area contributed by atoms with Crippen molar-refractivity contribution in [2.45, 2.75) is 27.3 Å². The number of rotatable bonds is 3. The largest absolute Gasteiger partial charge is 0.481 e. The third kappa shape index (κ3) is 2.01. The predicted molar refractivity (Wildman–Crippen MR) is 44.0 cm³/mol. The summed E-state index contributed by atoms with van der Waals surface area (Å²) >= 11 is 0. The molecule has 0 amide bonds. The third-order valence-electron chi connectivity index (χ3n) is 1.83. The van der Waals surface area contributed by atoms with Gasteiger partial charge in [-0.2, -0.15) is 0 Å². The molecule has 1 aromatic heterocycles. The third-order valence-corrected chi connectivity index (χ3v) is 1.83. The summed E-state index contributed by atoms with van der Waals surface area (Å²) in [5.41, 5.74) is -0.847. The Labute approximate surface area is 75.6 Å². The quantitative estimate of drug-likeness (QED) is 0.720. The van der Waals surface area contributed by atoms with Crippen LogP contribution in [0.5, 0.6) is 0 Å². The lowest BCUT2D eigenvalue weighted by Crippen LogP contribution is -2.30. The Morgan fingerprint density at radius 2 is 2.23 bits per heavy atom. The van der Waals surface area contributed by atoms with E-state index in [0.717, 1.165) is 0 Å². The molecular weight excluding hydrogens is 172 g/mol. The van der Waals surface area contributed by atoms with Crippen LogP contribution < -0.4 is 0 Å². The van der Waals surface area contributed by atoms with Crippen LogP contribution in [-0.2, 0) is 11.3 Å². The average Bonchev–Trinajstić information content (AvgIpc) is 2.35. The fraction of sp³-hybridized carbons (Fsp3) is 0.714. The molecule has 72 valence electrons. The molecule has 0 unspecified atom stereocenters. The van der Waals surface area contributed by atoms with Crippen LogP contribution in [0, 0.1) is 12.3 Å². The van der Waals surface area contributed by atoms with Crippen molar-refractivity contribution in [3.05, 3.63) is 5.82 Å². The van der Waals surface area contributed by atoms with Crippen molar-refractivity contribution in [1.82, 2.24) is 20.2 Å². The second-order valence-electron chi connectivity index (χ2n) is 3.57. The van der Waals surface area contributed by atoms with Gasteiger partial charge < -0.3 is 5.11 Å². The molecular formula is C7H12N4O2. The Morgan fingerprint density at radius 1 is 1.62 bits per heavy atom. The number of tetrazole rings is 1. The highest BCUT2D eigenvalue weighted by atomic mass is 16.4. The van der Waals surface area contributed by atoms with Crippen LogP contribution in [0.2, 0.25) is 0 Å². The summed E-state index contributed by atoms with van der Waals surface area (Å²) in [7, 11) is 0. The van der Waals surface area contributed by atoms with Gasteiger partial charge >= 0.3 is 5.97 Å². The van der Waals surface area contributed by atoms with Crippen LogP contribution in [-0.4, -0.2) is 31.3 Å². The van der Waals surface area contributed by atoms with Crippen molar-refractivity contribution in [2.24, 2.45) is 5.41 Å². The van der Waals surface area contributed by atoms with Gasteiger partial charge in [0.15, 0.2) is 0 Å². The zero-order valence-corrected chi connectivity index (χ0v) is 7.85. The van der Waals surface area contributed by atoms with E-state index in [2.05, 4.69) is 15.5 Å². The molecule has 0 radical (unpaired) electrons. The predicted octanol–water partition coefficient (Wildman–Crippen LogP) is 0.0923. The summed E-state index contributed by atoms with van der Waals surface area (Å²) in [5, 5.41) is 19.6. The number of hydrogen-bond acceptors (Lipinski definition) is 4. The van der Waals surface area contributed by atoms with Crippen LogP contribution in [0.15, 0.2) is 0 Å². The molecule has 0 fully saturated rings. The van der Waals surface area contributed by atoms with Crippen molar-refractivity contribution in [3.63, 3.8) is 0 Å². The summed E-state index contributed by atoms with van der Waals surface area (Å²) in [4.78, 5) is 10.8. The van der Waals surface area contributed by atoms with E-state index in [4.69, 9.17) is 5.11 Å². The first-order chi connectivity index (χ1) is 5.93. The van der Waals surface area contributed by atoms with Crippen molar-refractivity contribution >= 4 is 5.97 Å². The molecule has 0 aliphatic rings. The van der Waals surface area contributed by atoms with Gasteiger partial charge in [-0.15, -0.1) is 5.10 Å². The topological polar surface area (TPSA) is 80.9 Å². The van der Waals surface area contributed by atoms with E-state index in [0.29, 0.717) is 5.82 Å². The number of nitrogens with zero attached hydrogens (tertiary/aromatic N) is 4. The Hall–Kier alpha value is -1.46. The molecule has 0 aliphatic heterocycles. The summed E-state index contributed by atoms with van der Waals surface area (Å²) in [6.45, 7) is 5.28. The Balaban J connectivity index is 2.80. The van der Waals surface area contributed by atoms with Crippen molar-refractivity contribution in [1.29, 1.82) is 0 Å². The molecule has 0 saturated carbocycles. The molecule has 1 heterocycles. The SMILES string of the molecule is Cc1nnnn1CC(C)(C)C(=O)O. The molecule has 6 heteroatoms. The van der Waals surface area contributed by atoms with E-state index >= 15 is 0 Å².